The first-order valence-corrected chi connectivity index (χ1v) is 5.53. The Hall–Kier alpha value is -0.750. The largest absolute Gasteiger partial charge is 0.395 e. The molecule has 0 radical (unpaired) electrons. The van der Waals surface area contributed by atoms with Gasteiger partial charge in [0.1, 0.15) is 0 Å². The van der Waals surface area contributed by atoms with Gasteiger partial charge in [0, 0.05) is 25.6 Å². The third-order valence-corrected chi connectivity index (χ3v) is 2.73. The van der Waals surface area contributed by atoms with Crippen LogP contribution in [-0.4, -0.2) is 54.6 Å². The summed E-state index contributed by atoms with van der Waals surface area (Å²) in [5.74, 6) is -0.0975. The topological polar surface area (TPSA) is 52.6 Å². The molecule has 1 heterocycles. The summed E-state index contributed by atoms with van der Waals surface area (Å²) in [7, 11) is 0. The fourth-order valence-electron chi connectivity index (χ4n) is 1.99. The molecule has 4 nitrogen and oxygen atoms in total. The summed E-state index contributed by atoms with van der Waals surface area (Å²) < 4.78 is 24.7. The Morgan fingerprint density at radius 1 is 1.56 bits per heavy atom. The highest BCUT2D eigenvalue weighted by Crippen LogP contribution is 2.15. The molecule has 1 fully saturated rings. The fraction of sp³-hybridized carbons (Fsp3) is 0.900. The van der Waals surface area contributed by atoms with E-state index in [-0.39, 0.29) is 38.1 Å². The molecule has 1 atom stereocenters. The summed E-state index contributed by atoms with van der Waals surface area (Å²) in [4.78, 5) is 12.8. The van der Waals surface area contributed by atoms with E-state index in [1.807, 2.05) is 0 Å². The molecule has 0 bridgehead atoms. The van der Waals surface area contributed by atoms with E-state index in [0.29, 0.717) is 13.0 Å². The standard InChI is InChI=1S/C10H18F2N2O2/c11-9(12)7-14(4-5-15)8-2-1-3-13-10(16)6-8/h8-9,15H,1-7H2,(H,13,16). The Morgan fingerprint density at radius 2 is 2.31 bits per heavy atom. The Balaban J connectivity index is 2.56. The van der Waals surface area contributed by atoms with E-state index >= 15 is 0 Å². The van der Waals surface area contributed by atoms with Crippen molar-refractivity contribution in [2.75, 3.05) is 26.2 Å². The number of aliphatic hydroxyl groups excluding tert-OH is 1. The van der Waals surface area contributed by atoms with Crippen molar-refractivity contribution in [1.29, 1.82) is 0 Å². The number of halogens is 2. The molecule has 1 saturated heterocycles. The molecule has 1 aliphatic rings. The SMILES string of the molecule is O=C1CC(N(CCO)CC(F)F)CCCN1. The lowest BCUT2D eigenvalue weighted by Gasteiger charge is -2.29. The van der Waals surface area contributed by atoms with Gasteiger partial charge in [-0.15, -0.1) is 0 Å². The Bertz CT molecular complexity index is 227. The van der Waals surface area contributed by atoms with Crippen molar-refractivity contribution in [3.05, 3.63) is 0 Å². The van der Waals surface area contributed by atoms with Gasteiger partial charge in [-0.1, -0.05) is 0 Å². The number of hydrogen-bond donors (Lipinski definition) is 2. The second kappa shape index (κ2) is 6.75. The van der Waals surface area contributed by atoms with Crippen molar-refractivity contribution in [1.82, 2.24) is 10.2 Å². The van der Waals surface area contributed by atoms with E-state index < -0.39 is 6.43 Å². The highest BCUT2D eigenvalue weighted by atomic mass is 19.3. The van der Waals surface area contributed by atoms with Gasteiger partial charge in [-0.2, -0.15) is 0 Å². The van der Waals surface area contributed by atoms with Gasteiger partial charge in [0.15, 0.2) is 0 Å². The number of nitrogens with one attached hydrogen (secondary N) is 1. The summed E-state index contributed by atoms with van der Waals surface area (Å²) in [5.41, 5.74) is 0. The average Bonchev–Trinajstić information content (AvgIpc) is 2.41. The number of hydrogen-bond acceptors (Lipinski definition) is 3. The lowest BCUT2D eigenvalue weighted by molar-refractivity contribution is -0.122. The Kier molecular flexibility index (Phi) is 5.62. The summed E-state index contributed by atoms with van der Waals surface area (Å²) >= 11 is 0. The van der Waals surface area contributed by atoms with E-state index in [4.69, 9.17) is 5.11 Å². The van der Waals surface area contributed by atoms with Crippen LogP contribution >= 0.6 is 0 Å². The van der Waals surface area contributed by atoms with Crippen LogP contribution in [-0.2, 0) is 4.79 Å². The summed E-state index contributed by atoms with van der Waals surface area (Å²) in [6.07, 6.45) is -0.683. The maximum atomic E-state index is 12.3. The van der Waals surface area contributed by atoms with Gasteiger partial charge in [0.05, 0.1) is 13.2 Å². The van der Waals surface area contributed by atoms with Crippen LogP contribution in [0.15, 0.2) is 0 Å². The second-order valence-corrected chi connectivity index (χ2v) is 3.96. The molecule has 94 valence electrons. The van der Waals surface area contributed by atoms with Crippen LogP contribution in [0.4, 0.5) is 8.78 Å². The number of rotatable bonds is 5. The maximum Gasteiger partial charge on any atom is 0.251 e. The van der Waals surface area contributed by atoms with Crippen LogP contribution in [0.1, 0.15) is 19.3 Å². The van der Waals surface area contributed by atoms with Crippen molar-refractivity contribution in [3.8, 4) is 0 Å². The normalized spacial score (nSPS) is 22.3. The number of amides is 1. The molecule has 0 aliphatic carbocycles. The van der Waals surface area contributed by atoms with Crippen LogP contribution in [0.2, 0.25) is 0 Å². The van der Waals surface area contributed by atoms with Crippen LogP contribution < -0.4 is 5.32 Å². The van der Waals surface area contributed by atoms with Gasteiger partial charge >= 0.3 is 0 Å². The van der Waals surface area contributed by atoms with E-state index in [2.05, 4.69) is 5.32 Å². The number of aliphatic hydroxyl groups is 1. The van der Waals surface area contributed by atoms with Crippen molar-refractivity contribution >= 4 is 5.91 Å². The predicted octanol–water partition coefficient (Wildman–Crippen LogP) is 0.214. The van der Waals surface area contributed by atoms with E-state index in [1.54, 1.807) is 0 Å². The molecular weight excluding hydrogens is 218 g/mol. The quantitative estimate of drug-likeness (QED) is 0.717. The van der Waals surface area contributed by atoms with Gasteiger partial charge in [-0.25, -0.2) is 8.78 Å². The molecule has 1 amide bonds. The van der Waals surface area contributed by atoms with Crippen molar-refractivity contribution in [2.45, 2.75) is 31.7 Å². The zero-order chi connectivity index (χ0) is 12.0. The van der Waals surface area contributed by atoms with Gasteiger partial charge in [-0.05, 0) is 12.8 Å². The third kappa shape index (κ3) is 4.40. The lowest BCUT2D eigenvalue weighted by atomic mass is 10.1. The molecule has 0 aromatic rings. The minimum atomic E-state index is -2.43. The second-order valence-electron chi connectivity index (χ2n) is 3.96. The van der Waals surface area contributed by atoms with Crippen molar-refractivity contribution in [2.24, 2.45) is 0 Å². The highest BCUT2D eigenvalue weighted by molar-refractivity contribution is 5.76. The minimum Gasteiger partial charge on any atom is -0.395 e. The van der Waals surface area contributed by atoms with E-state index in [0.717, 1.165) is 6.42 Å². The summed E-state index contributed by atoms with van der Waals surface area (Å²) in [6.45, 7) is 0.266. The summed E-state index contributed by atoms with van der Waals surface area (Å²) in [5, 5.41) is 11.5. The molecule has 1 unspecified atom stereocenters. The van der Waals surface area contributed by atoms with E-state index in [1.165, 1.54) is 4.90 Å². The molecule has 1 aliphatic heterocycles. The fourth-order valence-corrected chi connectivity index (χ4v) is 1.99. The van der Waals surface area contributed by atoms with Crippen LogP contribution in [0.25, 0.3) is 0 Å². The first-order valence-electron chi connectivity index (χ1n) is 5.53. The first-order chi connectivity index (χ1) is 7.63. The van der Waals surface area contributed by atoms with Crippen LogP contribution in [0.3, 0.4) is 0 Å². The van der Waals surface area contributed by atoms with E-state index in [9.17, 15) is 13.6 Å². The molecule has 1 rings (SSSR count). The van der Waals surface area contributed by atoms with Gasteiger partial charge in [0.2, 0.25) is 5.91 Å². The first kappa shape index (κ1) is 13.3. The zero-order valence-electron chi connectivity index (χ0n) is 9.16. The van der Waals surface area contributed by atoms with Crippen LogP contribution in [0, 0.1) is 0 Å². The highest BCUT2D eigenvalue weighted by Gasteiger charge is 2.25. The average molecular weight is 236 g/mol. The number of carbonyl (C=O) groups is 1. The molecule has 0 aromatic heterocycles. The van der Waals surface area contributed by atoms with Gasteiger partial charge in [0.25, 0.3) is 6.43 Å². The molecule has 0 aromatic carbocycles. The third-order valence-electron chi connectivity index (χ3n) is 2.73. The van der Waals surface area contributed by atoms with Crippen LogP contribution in [0.5, 0.6) is 0 Å². The smallest absolute Gasteiger partial charge is 0.251 e. The molecule has 0 spiro atoms. The Labute approximate surface area is 93.6 Å². The number of carbonyl (C=O) groups excluding carboxylic acids is 1. The number of nitrogens with zero attached hydrogens (tertiary/aromatic N) is 1. The monoisotopic (exact) mass is 236 g/mol. The molecular formula is C10H18F2N2O2. The Morgan fingerprint density at radius 3 is 2.94 bits per heavy atom. The molecule has 6 heteroatoms. The molecule has 0 saturated carbocycles. The zero-order valence-corrected chi connectivity index (χ0v) is 9.16. The van der Waals surface area contributed by atoms with Gasteiger partial charge in [-0.3, -0.25) is 9.69 Å². The minimum absolute atomic E-state index is 0.0975. The van der Waals surface area contributed by atoms with Crippen molar-refractivity contribution in [3.63, 3.8) is 0 Å². The molecule has 16 heavy (non-hydrogen) atoms. The van der Waals surface area contributed by atoms with Crippen molar-refractivity contribution < 1.29 is 18.7 Å². The summed E-state index contributed by atoms with van der Waals surface area (Å²) in [6, 6.07) is -0.177. The number of alkyl halides is 2. The lowest BCUT2D eigenvalue weighted by Crippen LogP contribution is -2.41. The van der Waals surface area contributed by atoms with Gasteiger partial charge < -0.3 is 10.4 Å². The predicted molar refractivity (Wildman–Crippen MR) is 55.3 cm³/mol. The molecule has 2 N–H and O–H groups in total. The maximum absolute atomic E-state index is 12.3.